The van der Waals surface area contributed by atoms with Crippen molar-refractivity contribution in [2.45, 2.75) is 20.3 Å². The first kappa shape index (κ1) is 10.4. The number of imidazole rings is 1. The van der Waals surface area contributed by atoms with Crippen LogP contribution in [0.2, 0.25) is 0 Å². The Morgan fingerprint density at radius 2 is 2.29 bits per heavy atom. The van der Waals surface area contributed by atoms with E-state index in [9.17, 15) is 9.59 Å². The Morgan fingerprint density at radius 3 is 2.79 bits per heavy atom. The highest BCUT2D eigenvalue weighted by atomic mass is 16.5. The summed E-state index contributed by atoms with van der Waals surface area (Å²) in [6.07, 6.45) is 2.79. The summed E-state index contributed by atoms with van der Waals surface area (Å²) in [5, 5.41) is 0. The van der Waals surface area contributed by atoms with E-state index in [0.717, 1.165) is 0 Å². The fourth-order valence-electron chi connectivity index (χ4n) is 1.06. The quantitative estimate of drug-likeness (QED) is 0.529. The summed E-state index contributed by atoms with van der Waals surface area (Å²) in [5.41, 5.74) is 0. The molecule has 0 amide bonds. The lowest BCUT2D eigenvalue weighted by Crippen LogP contribution is -2.17. The third-order valence-electron chi connectivity index (χ3n) is 1.70. The molecule has 0 radical (unpaired) electrons. The van der Waals surface area contributed by atoms with Crippen LogP contribution in [-0.4, -0.2) is 28.0 Å². The van der Waals surface area contributed by atoms with Gasteiger partial charge in [-0.1, -0.05) is 0 Å². The second-order valence-electron chi connectivity index (χ2n) is 2.72. The molecule has 0 atom stereocenters. The maximum absolute atomic E-state index is 11.4. The number of hydrogen-bond donors (Lipinski definition) is 0. The lowest BCUT2D eigenvalue weighted by Gasteiger charge is -2.02. The molecule has 76 valence electrons. The fraction of sp³-hybridized carbons (Fsp3) is 0.444. The topological polar surface area (TPSA) is 61.2 Å². The molecule has 5 nitrogen and oxygen atoms in total. The van der Waals surface area contributed by atoms with Crippen molar-refractivity contribution in [2.75, 3.05) is 6.61 Å². The van der Waals surface area contributed by atoms with Crippen LogP contribution in [0.1, 0.15) is 24.0 Å². The number of carbonyl (C=O) groups is 2. The van der Waals surface area contributed by atoms with E-state index < -0.39 is 5.97 Å². The van der Waals surface area contributed by atoms with Crippen LogP contribution >= 0.6 is 0 Å². The number of hydrogen-bond acceptors (Lipinski definition) is 4. The van der Waals surface area contributed by atoms with Gasteiger partial charge in [0.15, 0.2) is 0 Å². The summed E-state index contributed by atoms with van der Waals surface area (Å²) in [7, 11) is 0. The lowest BCUT2D eigenvalue weighted by atomic mass is 10.4. The number of ether oxygens (including phenoxy) is 1. The summed E-state index contributed by atoms with van der Waals surface area (Å²) in [6.45, 7) is 3.68. The van der Waals surface area contributed by atoms with Crippen molar-refractivity contribution >= 4 is 11.9 Å². The molecule has 0 spiro atoms. The zero-order valence-electron chi connectivity index (χ0n) is 8.19. The molecule has 0 unspecified atom stereocenters. The van der Waals surface area contributed by atoms with Gasteiger partial charge in [-0.2, -0.15) is 0 Å². The SMILES string of the molecule is CCOC(=O)CC(=O)n1ccnc1C. The molecule has 1 aromatic rings. The Balaban J connectivity index is 2.59. The minimum absolute atomic E-state index is 0.245. The number of carbonyl (C=O) groups excluding carboxylic acids is 2. The normalized spacial score (nSPS) is 9.86. The second kappa shape index (κ2) is 4.55. The first-order valence-electron chi connectivity index (χ1n) is 4.34. The van der Waals surface area contributed by atoms with Gasteiger partial charge in [0, 0.05) is 12.4 Å². The van der Waals surface area contributed by atoms with Crippen molar-refractivity contribution in [3.63, 3.8) is 0 Å². The third-order valence-corrected chi connectivity index (χ3v) is 1.70. The average Bonchev–Trinajstić information content (AvgIpc) is 2.51. The van der Waals surface area contributed by atoms with E-state index in [-0.39, 0.29) is 18.9 Å². The monoisotopic (exact) mass is 196 g/mol. The van der Waals surface area contributed by atoms with E-state index in [2.05, 4.69) is 9.72 Å². The molecule has 1 rings (SSSR count). The molecule has 5 heteroatoms. The Hall–Kier alpha value is -1.65. The van der Waals surface area contributed by atoms with Gasteiger partial charge in [0.1, 0.15) is 12.2 Å². The fourth-order valence-corrected chi connectivity index (χ4v) is 1.06. The third kappa shape index (κ3) is 2.42. The number of esters is 1. The highest BCUT2D eigenvalue weighted by molar-refractivity contribution is 5.95. The molecule has 14 heavy (non-hydrogen) atoms. The maximum Gasteiger partial charge on any atom is 0.315 e. The van der Waals surface area contributed by atoms with Crippen LogP contribution in [0.5, 0.6) is 0 Å². The van der Waals surface area contributed by atoms with Crippen molar-refractivity contribution in [1.82, 2.24) is 9.55 Å². The van der Waals surface area contributed by atoms with Gasteiger partial charge < -0.3 is 4.74 Å². The summed E-state index contributed by atoms with van der Waals surface area (Å²) in [6, 6.07) is 0. The smallest absolute Gasteiger partial charge is 0.315 e. The van der Waals surface area contributed by atoms with Crippen molar-refractivity contribution < 1.29 is 14.3 Å². The van der Waals surface area contributed by atoms with Gasteiger partial charge in [-0.05, 0) is 13.8 Å². The molecule has 0 saturated heterocycles. The van der Waals surface area contributed by atoms with Crippen LogP contribution in [0, 0.1) is 6.92 Å². The minimum Gasteiger partial charge on any atom is -0.466 e. The molecule has 0 aliphatic rings. The number of rotatable bonds is 3. The van der Waals surface area contributed by atoms with Crippen molar-refractivity contribution in [2.24, 2.45) is 0 Å². The largest absolute Gasteiger partial charge is 0.466 e. The van der Waals surface area contributed by atoms with Gasteiger partial charge in [0.25, 0.3) is 0 Å². The number of aromatic nitrogens is 2. The van der Waals surface area contributed by atoms with Crippen LogP contribution in [0.15, 0.2) is 12.4 Å². The molecule has 0 saturated carbocycles. The molecular formula is C9H12N2O3. The first-order valence-corrected chi connectivity index (χ1v) is 4.34. The van der Waals surface area contributed by atoms with Crippen LogP contribution in [0.25, 0.3) is 0 Å². The summed E-state index contributed by atoms with van der Waals surface area (Å²) in [4.78, 5) is 26.3. The minimum atomic E-state index is -0.509. The number of aryl methyl sites for hydroxylation is 1. The number of nitrogens with zero attached hydrogens (tertiary/aromatic N) is 2. The van der Waals surface area contributed by atoms with E-state index in [1.165, 1.54) is 17.0 Å². The van der Waals surface area contributed by atoms with Crippen LogP contribution in [0.3, 0.4) is 0 Å². The van der Waals surface area contributed by atoms with E-state index >= 15 is 0 Å². The molecule has 0 bridgehead atoms. The summed E-state index contributed by atoms with van der Waals surface area (Å²) < 4.78 is 5.99. The molecule has 0 fully saturated rings. The van der Waals surface area contributed by atoms with Gasteiger partial charge in [0.2, 0.25) is 5.91 Å². The van der Waals surface area contributed by atoms with Crippen molar-refractivity contribution in [3.05, 3.63) is 18.2 Å². The molecule has 1 heterocycles. The van der Waals surface area contributed by atoms with Crippen molar-refractivity contribution in [3.8, 4) is 0 Å². The van der Waals surface area contributed by atoms with Crippen LogP contribution in [-0.2, 0) is 9.53 Å². The predicted octanol–water partition coefficient (Wildman–Crippen LogP) is 0.785. The Bertz CT molecular complexity index is 344. The van der Waals surface area contributed by atoms with Crippen LogP contribution < -0.4 is 0 Å². The summed E-state index contributed by atoms with van der Waals surface area (Å²) >= 11 is 0. The van der Waals surface area contributed by atoms with Gasteiger partial charge in [0.05, 0.1) is 6.61 Å². The molecule has 0 aromatic carbocycles. The van der Waals surface area contributed by atoms with E-state index in [0.29, 0.717) is 5.82 Å². The summed E-state index contributed by atoms with van der Waals surface area (Å²) in [5.74, 6) is -0.261. The van der Waals surface area contributed by atoms with Gasteiger partial charge in [-0.15, -0.1) is 0 Å². The Morgan fingerprint density at radius 1 is 1.57 bits per heavy atom. The Labute approximate surface area is 81.7 Å². The highest BCUT2D eigenvalue weighted by Crippen LogP contribution is 1.98. The van der Waals surface area contributed by atoms with E-state index in [1.807, 2.05) is 0 Å². The zero-order valence-corrected chi connectivity index (χ0v) is 8.19. The van der Waals surface area contributed by atoms with Crippen molar-refractivity contribution in [1.29, 1.82) is 0 Å². The second-order valence-corrected chi connectivity index (χ2v) is 2.72. The maximum atomic E-state index is 11.4. The molecule has 0 aliphatic heterocycles. The predicted molar refractivity (Wildman–Crippen MR) is 48.8 cm³/mol. The van der Waals surface area contributed by atoms with Gasteiger partial charge >= 0.3 is 5.97 Å². The van der Waals surface area contributed by atoms with Gasteiger partial charge in [-0.25, -0.2) is 4.98 Å². The molecule has 0 N–H and O–H groups in total. The lowest BCUT2D eigenvalue weighted by molar-refractivity contribution is -0.142. The first-order chi connectivity index (χ1) is 6.65. The average molecular weight is 196 g/mol. The van der Waals surface area contributed by atoms with E-state index in [1.54, 1.807) is 13.8 Å². The highest BCUT2D eigenvalue weighted by Gasteiger charge is 2.13. The molecular weight excluding hydrogens is 184 g/mol. The molecule has 1 aromatic heterocycles. The van der Waals surface area contributed by atoms with E-state index in [4.69, 9.17) is 0 Å². The zero-order chi connectivity index (χ0) is 10.6. The molecule has 0 aliphatic carbocycles. The van der Waals surface area contributed by atoms with Crippen LogP contribution in [0.4, 0.5) is 0 Å². The Kier molecular flexibility index (Phi) is 3.39. The standard InChI is InChI=1S/C9H12N2O3/c1-3-14-9(13)6-8(12)11-5-4-10-7(11)2/h4-5H,3,6H2,1-2H3. The van der Waals surface area contributed by atoms with Gasteiger partial charge in [-0.3, -0.25) is 14.2 Å².